The number of aliphatic hydroxyl groups is 1. The molecule has 11 heteroatoms. The SMILES string of the molecule is CCCCCCCCCCCCCC(=O)OC[C@H](COP(=O)(O)OCCN)OC(=O)CCC/C=C\C/C=C\C/C=C\C/C=C\CCCCCO. The lowest BCUT2D eigenvalue weighted by Gasteiger charge is -2.19. The van der Waals surface area contributed by atoms with Crippen molar-refractivity contribution in [1.82, 2.24) is 0 Å². The van der Waals surface area contributed by atoms with Gasteiger partial charge in [0.25, 0.3) is 0 Å². The molecular formula is C39H70NO9P. The minimum Gasteiger partial charge on any atom is -0.462 e. The molecule has 0 saturated heterocycles. The maximum Gasteiger partial charge on any atom is 0.472 e. The predicted molar refractivity (Wildman–Crippen MR) is 203 cm³/mol. The Morgan fingerprint density at radius 2 is 1.14 bits per heavy atom. The number of ether oxygens (including phenoxy) is 2. The Labute approximate surface area is 303 Å². The smallest absolute Gasteiger partial charge is 0.462 e. The molecular weight excluding hydrogens is 657 g/mol. The van der Waals surface area contributed by atoms with Crippen molar-refractivity contribution in [2.75, 3.05) is 33.0 Å². The highest BCUT2D eigenvalue weighted by molar-refractivity contribution is 7.47. The van der Waals surface area contributed by atoms with E-state index in [0.29, 0.717) is 12.8 Å². The summed E-state index contributed by atoms with van der Waals surface area (Å²) in [6.07, 6.45) is 37.3. The molecule has 0 aliphatic rings. The lowest BCUT2D eigenvalue weighted by Crippen LogP contribution is -2.29. The average molecular weight is 728 g/mol. The Morgan fingerprint density at radius 1 is 0.640 bits per heavy atom. The molecule has 10 nitrogen and oxygen atoms in total. The van der Waals surface area contributed by atoms with E-state index in [1.165, 1.54) is 51.4 Å². The molecule has 0 rings (SSSR count). The fourth-order valence-electron chi connectivity index (χ4n) is 4.90. The van der Waals surface area contributed by atoms with Crippen molar-refractivity contribution in [2.24, 2.45) is 5.73 Å². The van der Waals surface area contributed by atoms with Crippen LogP contribution in [0, 0.1) is 0 Å². The number of carbonyl (C=O) groups is 2. The Kier molecular flexibility index (Phi) is 35.2. The first kappa shape index (κ1) is 47.9. The van der Waals surface area contributed by atoms with Gasteiger partial charge in [0.2, 0.25) is 0 Å². The van der Waals surface area contributed by atoms with Gasteiger partial charge in [-0.05, 0) is 57.8 Å². The zero-order valence-corrected chi connectivity index (χ0v) is 32.0. The van der Waals surface area contributed by atoms with Crippen molar-refractivity contribution in [1.29, 1.82) is 0 Å². The second-order valence-corrected chi connectivity index (χ2v) is 14.0. The van der Waals surface area contributed by atoms with Crippen LogP contribution in [0.15, 0.2) is 48.6 Å². The molecule has 0 aliphatic heterocycles. The van der Waals surface area contributed by atoms with E-state index in [0.717, 1.165) is 64.2 Å². The van der Waals surface area contributed by atoms with Crippen LogP contribution in [0.25, 0.3) is 0 Å². The van der Waals surface area contributed by atoms with E-state index in [4.69, 9.17) is 29.4 Å². The lowest BCUT2D eigenvalue weighted by atomic mass is 10.1. The number of rotatable bonds is 36. The van der Waals surface area contributed by atoms with E-state index >= 15 is 0 Å². The maximum atomic E-state index is 12.5. The highest BCUT2D eigenvalue weighted by Gasteiger charge is 2.25. The van der Waals surface area contributed by atoms with Gasteiger partial charge in [0, 0.05) is 26.0 Å². The lowest BCUT2D eigenvalue weighted by molar-refractivity contribution is -0.161. The minimum absolute atomic E-state index is 0.0394. The average Bonchev–Trinajstić information content (AvgIpc) is 3.10. The van der Waals surface area contributed by atoms with Crippen LogP contribution in [0.1, 0.15) is 148 Å². The zero-order valence-electron chi connectivity index (χ0n) is 31.1. The van der Waals surface area contributed by atoms with Crippen LogP contribution in [0.2, 0.25) is 0 Å². The van der Waals surface area contributed by atoms with Gasteiger partial charge in [-0.3, -0.25) is 18.6 Å². The molecule has 50 heavy (non-hydrogen) atoms. The number of aliphatic hydroxyl groups excluding tert-OH is 1. The molecule has 0 saturated carbocycles. The van der Waals surface area contributed by atoms with E-state index in [1.54, 1.807) is 0 Å². The first-order chi connectivity index (χ1) is 24.3. The topological polar surface area (TPSA) is 155 Å². The van der Waals surface area contributed by atoms with Crippen LogP contribution in [-0.2, 0) is 32.7 Å². The summed E-state index contributed by atoms with van der Waals surface area (Å²) in [6.45, 7) is 1.64. The second kappa shape index (κ2) is 36.7. The Balaban J connectivity index is 4.32. The van der Waals surface area contributed by atoms with Crippen molar-refractivity contribution >= 4 is 19.8 Å². The number of nitrogens with two attached hydrogens (primary N) is 1. The third kappa shape index (κ3) is 35.7. The Morgan fingerprint density at radius 3 is 1.70 bits per heavy atom. The molecule has 0 aromatic rings. The first-order valence-electron chi connectivity index (χ1n) is 19.2. The van der Waals surface area contributed by atoms with Crippen LogP contribution in [0.5, 0.6) is 0 Å². The van der Waals surface area contributed by atoms with Crippen LogP contribution in [0.4, 0.5) is 0 Å². The van der Waals surface area contributed by atoms with Gasteiger partial charge in [0.05, 0.1) is 13.2 Å². The van der Waals surface area contributed by atoms with Gasteiger partial charge in [-0.1, -0.05) is 126 Å². The van der Waals surface area contributed by atoms with Crippen LogP contribution in [-0.4, -0.2) is 61.0 Å². The zero-order chi connectivity index (χ0) is 36.8. The molecule has 290 valence electrons. The Bertz CT molecular complexity index is 967. The van der Waals surface area contributed by atoms with E-state index in [1.807, 2.05) is 6.08 Å². The summed E-state index contributed by atoms with van der Waals surface area (Å²) < 4.78 is 32.5. The van der Waals surface area contributed by atoms with Gasteiger partial charge >= 0.3 is 19.8 Å². The number of hydrogen-bond acceptors (Lipinski definition) is 9. The summed E-state index contributed by atoms with van der Waals surface area (Å²) in [7, 11) is -4.39. The molecule has 0 aromatic carbocycles. The maximum absolute atomic E-state index is 12.5. The second-order valence-electron chi connectivity index (χ2n) is 12.5. The number of phosphoric acid groups is 1. The molecule has 0 heterocycles. The van der Waals surface area contributed by atoms with Gasteiger partial charge in [-0.15, -0.1) is 0 Å². The van der Waals surface area contributed by atoms with Crippen molar-refractivity contribution in [3.8, 4) is 0 Å². The number of hydrogen-bond donors (Lipinski definition) is 3. The van der Waals surface area contributed by atoms with Gasteiger partial charge in [0.1, 0.15) is 6.61 Å². The minimum atomic E-state index is -4.39. The quantitative estimate of drug-likeness (QED) is 0.0246. The van der Waals surface area contributed by atoms with Crippen molar-refractivity contribution in [3.63, 3.8) is 0 Å². The molecule has 0 radical (unpaired) electrons. The molecule has 0 bridgehead atoms. The van der Waals surface area contributed by atoms with E-state index in [9.17, 15) is 19.0 Å². The van der Waals surface area contributed by atoms with Gasteiger partial charge in [-0.25, -0.2) is 4.57 Å². The van der Waals surface area contributed by atoms with Crippen molar-refractivity contribution in [2.45, 2.75) is 154 Å². The summed E-state index contributed by atoms with van der Waals surface area (Å²) in [5.74, 6) is -0.912. The monoisotopic (exact) mass is 727 g/mol. The molecule has 0 fully saturated rings. The summed E-state index contributed by atoms with van der Waals surface area (Å²) in [5.41, 5.74) is 5.32. The summed E-state index contributed by atoms with van der Waals surface area (Å²) in [6, 6.07) is 0. The molecule has 0 aliphatic carbocycles. The fourth-order valence-corrected chi connectivity index (χ4v) is 5.66. The summed E-state index contributed by atoms with van der Waals surface area (Å²) in [5, 5.41) is 8.78. The number of esters is 2. The Hall–Kier alpha value is -2.07. The van der Waals surface area contributed by atoms with Crippen LogP contribution in [0.3, 0.4) is 0 Å². The largest absolute Gasteiger partial charge is 0.472 e. The standard InChI is InChI=1S/C39H70NO9P/c1-2-3-4-5-6-7-15-18-21-24-27-30-38(42)46-35-37(36-48-50(44,45)47-34-32-40)49-39(43)31-28-25-22-19-16-13-11-9-8-10-12-14-17-20-23-26-29-33-41/h8,10-11,13-14,17,19,22,37,41H,2-7,9,12,15-16,18,20-21,23-36,40H2,1H3,(H,44,45)/b10-8-,13-11-,17-14-,22-19-/t37-/m1/s1. The van der Waals surface area contributed by atoms with E-state index in [-0.39, 0.29) is 39.2 Å². The number of allylic oxidation sites excluding steroid dienone is 8. The highest BCUT2D eigenvalue weighted by atomic mass is 31.2. The highest BCUT2D eigenvalue weighted by Crippen LogP contribution is 2.43. The normalized spacial score (nSPS) is 13.9. The first-order valence-corrected chi connectivity index (χ1v) is 20.7. The predicted octanol–water partition coefficient (Wildman–Crippen LogP) is 9.35. The third-order valence-corrected chi connectivity index (χ3v) is 8.76. The van der Waals surface area contributed by atoms with Crippen LogP contribution >= 0.6 is 7.82 Å². The van der Waals surface area contributed by atoms with Gasteiger partial charge in [-0.2, -0.15) is 0 Å². The molecule has 4 N–H and O–H groups in total. The molecule has 1 unspecified atom stereocenters. The third-order valence-electron chi connectivity index (χ3n) is 7.77. The molecule has 0 aromatic heterocycles. The number of unbranched alkanes of at least 4 members (excludes halogenated alkanes) is 14. The fraction of sp³-hybridized carbons (Fsp3) is 0.744. The molecule has 0 amide bonds. The number of phosphoric ester groups is 1. The van der Waals surface area contributed by atoms with Crippen molar-refractivity contribution < 1.29 is 42.7 Å². The van der Waals surface area contributed by atoms with Gasteiger partial charge in [0.15, 0.2) is 6.10 Å². The van der Waals surface area contributed by atoms with Gasteiger partial charge < -0.3 is 25.2 Å². The van der Waals surface area contributed by atoms with Crippen molar-refractivity contribution in [3.05, 3.63) is 48.6 Å². The molecule has 0 spiro atoms. The van der Waals surface area contributed by atoms with Crippen LogP contribution < -0.4 is 5.73 Å². The summed E-state index contributed by atoms with van der Waals surface area (Å²) >= 11 is 0. The summed E-state index contributed by atoms with van der Waals surface area (Å²) in [4.78, 5) is 34.7. The van der Waals surface area contributed by atoms with E-state index < -0.39 is 32.5 Å². The van der Waals surface area contributed by atoms with E-state index in [2.05, 4.69) is 49.5 Å². The molecule has 2 atom stereocenters. The number of carbonyl (C=O) groups excluding carboxylic acids is 2.